The smallest absolute Gasteiger partial charge is 0.340 e. The van der Waals surface area contributed by atoms with E-state index in [2.05, 4.69) is 10.2 Å². The summed E-state index contributed by atoms with van der Waals surface area (Å²) in [5, 5.41) is 14.5. The molecular weight excluding hydrogens is 436 g/mol. The minimum Gasteiger partial charge on any atom is -0.497 e. The Morgan fingerprint density at radius 1 is 1.16 bits per heavy atom. The fourth-order valence-electron chi connectivity index (χ4n) is 2.97. The SMILES string of the molecule is CCOC(=O)/C(=C\c1ccc(Cl)cc1)C1=Nn2c(nnc2-c2ccc(OC)cc2)SC1. The second-order valence-electron chi connectivity index (χ2n) is 6.51. The van der Waals surface area contributed by atoms with E-state index in [1.165, 1.54) is 11.8 Å². The lowest BCUT2D eigenvalue weighted by atomic mass is 10.1. The highest BCUT2D eigenvalue weighted by molar-refractivity contribution is 7.99. The van der Waals surface area contributed by atoms with Crippen LogP contribution in [0.1, 0.15) is 12.5 Å². The van der Waals surface area contributed by atoms with Gasteiger partial charge in [0.2, 0.25) is 5.16 Å². The van der Waals surface area contributed by atoms with Crippen LogP contribution in [0.25, 0.3) is 17.5 Å². The van der Waals surface area contributed by atoms with Crippen molar-refractivity contribution < 1.29 is 14.3 Å². The first-order chi connectivity index (χ1) is 15.1. The largest absolute Gasteiger partial charge is 0.497 e. The van der Waals surface area contributed by atoms with Crippen molar-refractivity contribution in [2.75, 3.05) is 19.5 Å². The van der Waals surface area contributed by atoms with Gasteiger partial charge in [0.15, 0.2) is 5.82 Å². The van der Waals surface area contributed by atoms with Gasteiger partial charge in [-0.05, 0) is 55.0 Å². The zero-order valence-corrected chi connectivity index (χ0v) is 18.5. The van der Waals surface area contributed by atoms with Gasteiger partial charge in [-0.2, -0.15) is 9.78 Å². The zero-order chi connectivity index (χ0) is 21.8. The van der Waals surface area contributed by atoms with E-state index in [1.54, 1.807) is 36.9 Å². The van der Waals surface area contributed by atoms with Crippen molar-refractivity contribution >= 4 is 41.1 Å². The molecule has 0 radical (unpaired) electrons. The Morgan fingerprint density at radius 2 is 1.90 bits per heavy atom. The van der Waals surface area contributed by atoms with Gasteiger partial charge in [0.05, 0.1) is 25.0 Å². The molecule has 9 heteroatoms. The Labute approximate surface area is 188 Å². The van der Waals surface area contributed by atoms with Crippen LogP contribution in [-0.4, -0.2) is 46.0 Å². The van der Waals surface area contributed by atoms with Crippen LogP contribution in [0.2, 0.25) is 5.02 Å². The fraction of sp³-hybridized carbons (Fsp3) is 0.182. The van der Waals surface area contributed by atoms with Gasteiger partial charge >= 0.3 is 5.97 Å². The first kappa shape index (κ1) is 21.1. The van der Waals surface area contributed by atoms with Crippen LogP contribution in [0.15, 0.2) is 64.4 Å². The van der Waals surface area contributed by atoms with Crippen LogP contribution in [0.4, 0.5) is 0 Å². The molecule has 0 amide bonds. The summed E-state index contributed by atoms with van der Waals surface area (Å²) >= 11 is 7.44. The number of thioether (sulfide) groups is 1. The Bertz CT molecular complexity index is 1150. The Hall–Kier alpha value is -3.10. The van der Waals surface area contributed by atoms with Crippen molar-refractivity contribution in [1.29, 1.82) is 0 Å². The normalized spacial score (nSPS) is 13.4. The molecule has 0 fully saturated rings. The Balaban J connectivity index is 1.75. The number of carbonyl (C=O) groups is 1. The van der Waals surface area contributed by atoms with Crippen LogP contribution in [-0.2, 0) is 9.53 Å². The summed E-state index contributed by atoms with van der Waals surface area (Å²) in [6.07, 6.45) is 1.76. The summed E-state index contributed by atoms with van der Waals surface area (Å²) in [4.78, 5) is 12.7. The number of fused-ring (bicyclic) bond motifs is 1. The van der Waals surface area contributed by atoms with E-state index in [9.17, 15) is 4.79 Å². The third kappa shape index (κ3) is 4.65. The minimum absolute atomic E-state index is 0.270. The van der Waals surface area contributed by atoms with Gasteiger partial charge in [0.1, 0.15) is 5.75 Å². The maximum atomic E-state index is 12.7. The molecular formula is C22H19ClN4O3S. The van der Waals surface area contributed by atoms with E-state index in [0.717, 1.165) is 16.9 Å². The highest BCUT2D eigenvalue weighted by Crippen LogP contribution is 2.30. The lowest BCUT2D eigenvalue weighted by Gasteiger charge is -2.16. The number of rotatable bonds is 6. The molecule has 4 rings (SSSR count). The molecule has 0 spiro atoms. The molecule has 0 saturated carbocycles. The van der Waals surface area contributed by atoms with Gasteiger partial charge in [0.25, 0.3) is 0 Å². The van der Waals surface area contributed by atoms with E-state index in [0.29, 0.717) is 33.0 Å². The van der Waals surface area contributed by atoms with E-state index in [1.807, 2.05) is 36.4 Å². The number of hydrogen-bond acceptors (Lipinski definition) is 7. The molecule has 1 aliphatic heterocycles. The monoisotopic (exact) mass is 454 g/mol. The predicted molar refractivity (Wildman–Crippen MR) is 122 cm³/mol. The summed E-state index contributed by atoms with van der Waals surface area (Å²) in [6, 6.07) is 14.7. The zero-order valence-electron chi connectivity index (χ0n) is 16.9. The number of nitrogens with zero attached hydrogens (tertiary/aromatic N) is 4. The molecule has 2 aromatic carbocycles. The summed E-state index contributed by atoms with van der Waals surface area (Å²) < 4.78 is 12.2. The molecule has 0 unspecified atom stereocenters. The molecule has 0 saturated heterocycles. The molecule has 1 aliphatic rings. The van der Waals surface area contributed by atoms with E-state index >= 15 is 0 Å². The number of hydrogen-bond donors (Lipinski definition) is 0. The van der Waals surface area contributed by atoms with Crippen molar-refractivity contribution in [3.8, 4) is 17.1 Å². The number of ether oxygens (including phenoxy) is 2. The third-order valence-electron chi connectivity index (χ3n) is 4.51. The highest BCUT2D eigenvalue weighted by Gasteiger charge is 2.25. The van der Waals surface area contributed by atoms with Crippen molar-refractivity contribution in [3.63, 3.8) is 0 Å². The molecule has 0 aliphatic carbocycles. The number of aromatic nitrogens is 3. The Kier molecular flexibility index (Phi) is 6.39. The number of methoxy groups -OCH3 is 1. The van der Waals surface area contributed by atoms with Gasteiger partial charge in [-0.1, -0.05) is 35.5 Å². The summed E-state index contributed by atoms with van der Waals surface area (Å²) in [7, 11) is 1.62. The number of benzene rings is 2. The lowest BCUT2D eigenvalue weighted by molar-refractivity contribution is -0.137. The summed E-state index contributed by atoms with van der Waals surface area (Å²) in [6.45, 7) is 2.04. The van der Waals surface area contributed by atoms with Crippen molar-refractivity contribution in [2.24, 2.45) is 5.10 Å². The maximum Gasteiger partial charge on any atom is 0.340 e. The van der Waals surface area contributed by atoms with Crippen LogP contribution in [0, 0.1) is 0 Å². The van der Waals surface area contributed by atoms with Crippen molar-refractivity contribution in [2.45, 2.75) is 12.1 Å². The molecule has 3 aromatic rings. The molecule has 31 heavy (non-hydrogen) atoms. The summed E-state index contributed by atoms with van der Waals surface area (Å²) in [5.74, 6) is 1.37. The van der Waals surface area contributed by atoms with E-state index < -0.39 is 5.97 Å². The average molecular weight is 455 g/mol. The summed E-state index contributed by atoms with van der Waals surface area (Å²) in [5.41, 5.74) is 2.63. The average Bonchev–Trinajstić information content (AvgIpc) is 3.22. The predicted octanol–water partition coefficient (Wildman–Crippen LogP) is 4.56. The van der Waals surface area contributed by atoms with Crippen LogP contribution < -0.4 is 4.74 Å². The van der Waals surface area contributed by atoms with Crippen molar-refractivity contribution in [1.82, 2.24) is 14.9 Å². The van der Waals surface area contributed by atoms with Gasteiger partial charge < -0.3 is 9.47 Å². The van der Waals surface area contributed by atoms with Crippen molar-refractivity contribution in [3.05, 3.63) is 64.7 Å². The first-order valence-electron chi connectivity index (χ1n) is 9.54. The lowest BCUT2D eigenvalue weighted by Crippen LogP contribution is -2.21. The van der Waals surface area contributed by atoms with Gasteiger partial charge in [0, 0.05) is 16.3 Å². The van der Waals surface area contributed by atoms with E-state index in [4.69, 9.17) is 26.2 Å². The molecule has 0 bridgehead atoms. The fourth-order valence-corrected chi connectivity index (χ4v) is 3.93. The number of carbonyl (C=O) groups excluding carboxylic acids is 1. The van der Waals surface area contributed by atoms with Crippen LogP contribution >= 0.6 is 23.4 Å². The number of esters is 1. The van der Waals surface area contributed by atoms with Crippen LogP contribution in [0.5, 0.6) is 5.75 Å². The molecule has 0 atom stereocenters. The second kappa shape index (κ2) is 9.36. The molecule has 0 N–H and O–H groups in total. The maximum absolute atomic E-state index is 12.7. The number of halogens is 1. The first-order valence-corrected chi connectivity index (χ1v) is 10.9. The third-order valence-corrected chi connectivity index (χ3v) is 5.69. The van der Waals surface area contributed by atoms with E-state index in [-0.39, 0.29) is 6.61 Å². The van der Waals surface area contributed by atoms with Gasteiger partial charge in [-0.25, -0.2) is 4.79 Å². The Morgan fingerprint density at radius 3 is 2.58 bits per heavy atom. The van der Waals surface area contributed by atoms with Gasteiger partial charge in [-0.3, -0.25) is 0 Å². The molecule has 7 nitrogen and oxygen atoms in total. The molecule has 158 valence electrons. The second-order valence-corrected chi connectivity index (χ2v) is 7.89. The quantitative estimate of drug-likeness (QED) is 0.401. The molecule has 2 heterocycles. The minimum atomic E-state index is -0.431. The van der Waals surface area contributed by atoms with Gasteiger partial charge in [-0.15, -0.1) is 10.2 Å². The highest BCUT2D eigenvalue weighted by atomic mass is 35.5. The topological polar surface area (TPSA) is 78.6 Å². The standard InChI is InChI=1S/C22H19ClN4O3S/c1-3-30-21(28)18(12-14-4-8-16(23)9-5-14)19-13-31-22-25-24-20(27(22)26-19)15-6-10-17(29-2)11-7-15/h4-12H,3,13H2,1-2H3/b18-12-. The molecule has 1 aromatic heterocycles. The van der Waals surface area contributed by atoms with Crippen LogP contribution in [0.3, 0.4) is 0 Å².